The first-order chi connectivity index (χ1) is 5.49. The summed E-state index contributed by atoms with van der Waals surface area (Å²) in [4.78, 5) is 11.4. The molecule has 1 aliphatic heterocycles. The Labute approximate surface area is 73.0 Å². The average Bonchev–Trinajstić information content (AvgIpc) is 2.32. The Bertz CT molecular complexity index is 163. The van der Waals surface area contributed by atoms with Gasteiger partial charge in [-0.1, -0.05) is 0 Å². The van der Waals surface area contributed by atoms with Gasteiger partial charge in [-0.05, 0) is 27.2 Å². The standard InChI is InChI=1S/C9H16O3/c1-9(2,3)12-8(10)7-4-5-11-6-7/h7H,4-6H2,1-3H3/t7-/m0/s1. The maximum absolute atomic E-state index is 11.4. The molecule has 3 nitrogen and oxygen atoms in total. The fourth-order valence-corrected chi connectivity index (χ4v) is 1.11. The Hall–Kier alpha value is -0.570. The lowest BCUT2D eigenvalue weighted by Crippen LogP contribution is -2.28. The van der Waals surface area contributed by atoms with Crippen molar-refractivity contribution in [2.45, 2.75) is 32.8 Å². The van der Waals surface area contributed by atoms with E-state index in [0.717, 1.165) is 6.42 Å². The zero-order valence-electron chi connectivity index (χ0n) is 7.92. The maximum Gasteiger partial charge on any atom is 0.311 e. The highest BCUT2D eigenvalue weighted by Crippen LogP contribution is 2.17. The Balaban J connectivity index is 2.37. The van der Waals surface area contributed by atoms with E-state index in [1.165, 1.54) is 0 Å². The van der Waals surface area contributed by atoms with E-state index in [4.69, 9.17) is 9.47 Å². The largest absolute Gasteiger partial charge is 0.460 e. The van der Waals surface area contributed by atoms with Gasteiger partial charge >= 0.3 is 5.97 Å². The number of hydrogen-bond acceptors (Lipinski definition) is 3. The van der Waals surface area contributed by atoms with Crippen LogP contribution in [0, 0.1) is 5.92 Å². The van der Waals surface area contributed by atoms with Gasteiger partial charge in [-0.25, -0.2) is 0 Å². The van der Waals surface area contributed by atoms with Crippen LogP contribution in [0.5, 0.6) is 0 Å². The molecule has 1 atom stereocenters. The van der Waals surface area contributed by atoms with E-state index in [2.05, 4.69) is 0 Å². The molecule has 12 heavy (non-hydrogen) atoms. The van der Waals surface area contributed by atoms with Crippen molar-refractivity contribution in [2.75, 3.05) is 13.2 Å². The fraction of sp³-hybridized carbons (Fsp3) is 0.889. The van der Waals surface area contributed by atoms with E-state index in [-0.39, 0.29) is 17.5 Å². The van der Waals surface area contributed by atoms with Crippen LogP contribution in [0.1, 0.15) is 27.2 Å². The Morgan fingerprint density at radius 1 is 1.50 bits per heavy atom. The zero-order valence-corrected chi connectivity index (χ0v) is 7.92. The summed E-state index contributed by atoms with van der Waals surface area (Å²) in [6, 6.07) is 0. The molecule has 1 saturated heterocycles. The maximum atomic E-state index is 11.4. The van der Waals surface area contributed by atoms with Crippen LogP contribution in [0.15, 0.2) is 0 Å². The van der Waals surface area contributed by atoms with Gasteiger partial charge in [0.25, 0.3) is 0 Å². The van der Waals surface area contributed by atoms with Crippen molar-refractivity contribution in [3.05, 3.63) is 0 Å². The van der Waals surface area contributed by atoms with Crippen molar-refractivity contribution < 1.29 is 14.3 Å². The first-order valence-electron chi connectivity index (χ1n) is 4.29. The molecule has 1 heterocycles. The number of ether oxygens (including phenoxy) is 2. The molecule has 0 aromatic rings. The van der Waals surface area contributed by atoms with E-state index in [1.807, 2.05) is 20.8 Å². The Kier molecular flexibility index (Phi) is 2.73. The zero-order chi connectivity index (χ0) is 9.19. The minimum atomic E-state index is -0.375. The van der Waals surface area contributed by atoms with Crippen LogP contribution in [0.2, 0.25) is 0 Å². The summed E-state index contributed by atoms with van der Waals surface area (Å²) in [5, 5.41) is 0. The van der Waals surface area contributed by atoms with Crippen LogP contribution in [-0.2, 0) is 14.3 Å². The first kappa shape index (κ1) is 9.52. The summed E-state index contributed by atoms with van der Waals surface area (Å²) in [5.74, 6) is -0.163. The molecule has 0 aromatic carbocycles. The molecule has 0 unspecified atom stereocenters. The molecule has 1 fully saturated rings. The predicted molar refractivity (Wildman–Crippen MR) is 44.8 cm³/mol. The molecule has 3 heteroatoms. The predicted octanol–water partition coefficient (Wildman–Crippen LogP) is 1.36. The second-order valence-electron chi connectivity index (χ2n) is 4.09. The van der Waals surface area contributed by atoms with Crippen LogP contribution in [0.3, 0.4) is 0 Å². The highest BCUT2D eigenvalue weighted by Gasteiger charge is 2.28. The second-order valence-corrected chi connectivity index (χ2v) is 4.09. The Morgan fingerprint density at radius 2 is 2.17 bits per heavy atom. The van der Waals surface area contributed by atoms with Gasteiger partial charge in [-0.2, -0.15) is 0 Å². The van der Waals surface area contributed by atoms with Crippen molar-refractivity contribution in [3.63, 3.8) is 0 Å². The molecule has 0 amide bonds. The lowest BCUT2D eigenvalue weighted by molar-refractivity contribution is -0.159. The molecule has 0 spiro atoms. The highest BCUT2D eigenvalue weighted by atomic mass is 16.6. The Morgan fingerprint density at radius 3 is 2.58 bits per heavy atom. The molecule has 0 N–H and O–H groups in total. The lowest BCUT2D eigenvalue weighted by atomic mass is 10.1. The van der Waals surface area contributed by atoms with Crippen molar-refractivity contribution in [3.8, 4) is 0 Å². The quantitative estimate of drug-likeness (QED) is 0.560. The third-order valence-electron chi connectivity index (χ3n) is 1.67. The van der Waals surface area contributed by atoms with Crippen LogP contribution >= 0.6 is 0 Å². The minimum Gasteiger partial charge on any atom is -0.460 e. The summed E-state index contributed by atoms with van der Waals surface area (Å²) in [7, 11) is 0. The molecule has 0 aliphatic carbocycles. The SMILES string of the molecule is CC(C)(C)OC(=O)[C@H]1CCOC1. The number of esters is 1. The fourth-order valence-electron chi connectivity index (χ4n) is 1.11. The monoisotopic (exact) mass is 172 g/mol. The molecular formula is C9H16O3. The third kappa shape index (κ3) is 2.81. The van der Waals surface area contributed by atoms with Crippen molar-refractivity contribution in [1.29, 1.82) is 0 Å². The van der Waals surface area contributed by atoms with E-state index < -0.39 is 0 Å². The minimum absolute atomic E-state index is 0.0378. The average molecular weight is 172 g/mol. The topological polar surface area (TPSA) is 35.5 Å². The number of hydrogen-bond donors (Lipinski definition) is 0. The van der Waals surface area contributed by atoms with E-state index >= 15 is 0 Å². The van der Waals surface area contributed by atoms with Crippen LogP contribution in [0.25, 0.3) is 0 Å². The van der Waals surface area contributed by atoms with Crippen molar-refractivity contribution >= 4 is 5.97 Å². The van der Waals surface area contributed by atoms with Gasteiger partial charge in [0, 0.05) is 6.61 Å². The summed E-state index contributed by atoms with van der Waals surface area (Å²) < 4.78 is 10.3. The van der Waals surface area contributed by atoms with Crippen LogP contribution in [-0.4, -0.2) is 24.8 Å². The molecule has 0 radical (unpaired) electrons. The van der Waals surface area contributed by atoms with Gasteiger partial charge in [0.1, 0.15) is 5.60 Å². The molecule has 0 saturated carbocycles. The van der Waals surface area contributed by atoms with Crippen molar-refractivity contribution in [1.82, 2.24) is 0 Å². The van der Waals surface area contributed by atoms with Gasteiger partial charge < -0.3 is 9.47 Å². The number of carbonyl (C=O) groups excluding carboxylic acids is 1. The molecular weight excluding hydrogens is 156 g/mol. The van der Waals surface area contributed by atoms with E-state index in [1.54, 1.807) is 0 Å². The van der Waals surface area contributed by atoms with E-state index in [9.17, 15) is 4.79 Å². The highest BCUT2D eigenvalue weighted by molar-refractivity contribution is 5.73. The van der Waals surface area contributed by atoms with Gasteiger partial charge in [0.05, 0.1) is 12.5 Å². The van der Waals surface area contributed by atoms with E-state index in [0.29, 0.717) is 13.2 Å². The summed E-state index contributed by atoms with van der Waals surface area (Å²) in [6.45, 7) is 6.83. The lowest BCUT2D eigenvalue weighted by Gasteiger charge is -2.21. The molecule has 1 rings (SSSR count). The third-order valence-corrected chi connectivity index (χ3v) is 1.67. The van der Waals surface area contributed by atoms with Crippen LogP contribution < -0.4 is 0 Å². The van der Waals surface area contributed by atoms with Gasteiger partial charge in [-0.3, -0.25) is 4.79 Å². The van der Waals surface area contributed by atoms with Gasteiger partial charge in [-0.15, -0.1) is 0 Å². The first-order valence-corrected chi connectivity index (χ1v) is 4.29. The van der Waals surface area contributed by atoms with Crippen molar-refractivity contribution in [2.24, 2.45) is 5.92 Å². The normalized spacial score (nSPS) is 24.1. The van der Waals surface area contributed by atoms with Crippen LogP contribution in [0.4, 0.5) is 0 Å². The number of rotatable bonds is 1. The summed E-state index contributed by atoms with van der Waals surface area (Å²) in [6.07, 6.45) is 0.801. The molecule has 0 bridgehead atoms. The molecule has 0 aromatic heterocycles. The summed E-state index contributed by atoms with van der Waals surface area (Å²) >= 11 is 0. The second kappa shape index (κ2) is 3.44. The summed E-state index contributed by atoms with van der Waals surface area (Å²) in [5.41, 5.74) is -0.375. The van der Waals surface area contributed by atoms with Gasteiger partial charge in [0.15, 0.2) is 0 Å². The smallest absolute Gasteiger partial charge is 0.311 e. The molecule has 70 valence electrons. The van der Waals surface area contributed by atoms with Gasteiger partial charge in [0.2, 0.25) is 0 Å². The molecule has 1 aliphatic rings. The number of carbonyl (C=O) groups is 1.